The number of hydrogen-bond donors (Lipinski definition) is 4. The average molecular weight is 351 g/mol. The van der Waals surface area contributed by atoms with Gasteiger partial charge in [-0.25, -0.2) is 9.97 Å². The lowest BCUT2D eigenvalue weighted by Gasteiger charge is -2.40. The van der Waals surface area contributed by atoms with Gasteiger partial charge in [0.25, 0.3) is 5.56 Å². The second kappa shape index (κ2) is 6.15. The van der Waals surface area contributed by atoms with Crippen LogP contribution in [0.25, 0.3) is 11.2 Å². The third-order valence-electron chi connectivity index (χ3n) is 5.07. The number of nitrogens with zero attached hydrogens (tertiary/aromatic N) is 3. The van der Waals surface area contributed by atoms with Gasteiger partial charge in [-0.2, -0.15) is 0 Å². The number of nitrogens with two attached hydrogens (primary N) is 1. The van der Waals surface area contributed by atoms with Gasteiger partial charge in [-0.15, -0.1) is 0 Å². The van der Waals surface area contributed by atoms with Crippen LogP contribution in [0.4, 0.5) is 0 Å². The van der Waals surface area contributed by atoms with Gasteiger partial charge < -0.3 is 30.4 Å². The van der Waals surface area contributed by atoms with Gasteiger partial charge in [0.05, 0.1) is 18.8 Å². The van der Waals surface area contributed by atoms with Crippen LogP contribution < -0.4 is 11.3 Å². The third kappa shape index (κ3) is 2.41. The number of nitrogens with one attached hydrogen (secondary N) is 1. The Morgan fingerprint density at radius 2 is 2.28 bits per heavy atom. The SMILES string of the molecule is NC[C@H]1O[C@@H](n2cnc3c(=O)[nH]cnc32)[C@@](O)(C2CCCCO2)[C@@H]1O. The highest BCUT2D eigenvalue weighted by molar-refractivity contribution is 5.69. The summed E-state index contributed by atoms with van der Waals surface area (Å²) in [6, 6.07) is 0. The molecule has 5 N–H and O–H groups in total. The maximum absolute atomic E-state index is 11.9. The number of rotatable bonds is 3. The Morgan fingerprint density at radius 3 is 3.00 bits per heavy atom. The van der Waals surface area contributed by atoms with Crippen LogP contribution in [0.3, 0.4) is 0 Å². The summed E-state index contributed by atoms with van der Waals surface area (Å²) >= 11 is 0. The fourth-order valence-corrected chi connectivity index (χ4v) is 3.76. The smallest absolute Gasteiger partial charge is 0.278 e. The summed E-state index contributed by atoms with van der Waals surface area (Å²) in [6.45, 7) is 0.537. The molecule has 4 heterocycles. The Labute approximate surface area is 142 Å². The zero-order chi connectivity index (χ0) is 17.6. The number of aromatic amines is 1. The molecule has 2 fully saturated rings. The van der Waals surface area contributed by atoms with Crippen LogP contribution in [-0.2, 0) is 9.47 Å². The van der Waals surface area contributed by atoms with Crippen molar-refractivity contribution >= 4 is 11.2 Å². The molecule has 2 aliphatic rings. The van der Waals surface area contributed by atoms with E-state index in [4.69, 9.17) is 15.2 Å². The van der Waals surface area contributed by atoms with Crippen molar-refractivity contribution in [1.82, 2.24) is 19.5 Å². The summed E-state index contributed by atoms with van der Waals surface area (Å²) in [7, 11) is 0. The standard InChI is InChI=1S/C15H21N5O5/c16-5-8-11(21)15(23,9-3-1-2-4-24-9)14(25-8)20-7-19-10-12(20)17-6-18-13(10)22/h6-9,11,14,21,23H,1-5,16H2,(H,17,18,22)/t8-,9?,11-,14-,15-/m1/s1. The molecule has 5 atom stereocenters. The van der Waals surface area contributed by atoms with Crippen LogP contribution in [0.2, 0.25) is 0 Å². The molecule has 0 bridgehead atoms. The van der Waals surface area contributed by atoms with Gasteiger partial charge in [-0.05, 0) is 19.3 Å². The van der Waals surface area contributed by atoms with Gasteiger partial charge in [0.1, 0.15) is 12.2 Å². The maximum Gasteiger partial charge on any atom is 0.278 e. The van der Waals surface area contributed by atoms with Gasteiger partial charge in [-0.1, -0.05) is 0 Å². The van der Waals surface area contributed by atoms with Crippen LogP contribution in [0, 0.1) is 0 Å². The molecular formula is C15H21N5O5. The van der Waals surface area contributed by atoms with Gasteiger partial charge in [0, 0.05) is 13.2 Å². The topological polar surface area (TPSA) is 149 Å². The summed E-state index contributed by atoms with van der Waals surface area (Å²) in [5.41, 5.74) is 3.97. The van der Waals surface area contributed by atoms with Crippen molar-refractivity contribution in [3.8, 4) is 0 Å². The summed E-state index contributed by atoms with van der Waals surface area (Å²) in [6.07, 6.45) is 1.37. The van der Waals surface area contributed by atoms with Crippen LogP contribution in [-0.4, -0.2) is 66.8 Å². The molecule has 0 amide bonds. The van der Waals surface area contributed by atoms with Crippen molar-refractivity contribution in [2.75, 3.05) is 13.2 Å². The number of fused-ring (bicyclic) bond motifs is 1. The second-order valence-electron chi connectivity index (χ2n) is 6.51. The molecule has 25 heavy (non-hydrogen) atoms. The largest absolute Gasteiger partial charge is 0.387 e. The normalized spacial score (nSPS) is 36.1. The molecule has 0 saturated carbocycles. The summed E-state index contributed by atoms with van der Waals surface area (Å²) in [5.74, 6) is 0. The number of imidazole rings is 1. The molecule has 2 aromatic rings. The van der Waals surface area contributed by atoms with Gasteiger partial charge in [-0.3, -0.25) is 9.36 Å². The maximum atomic E-state index is 11.9. The van der Waals surface area contributed by atoms with Crippen LogP contribution in [0.1, 0.15) is 25.5 Å². The molecule has 1 unspecified atom stereocenters. The van der Waals surface area contributed by atoms with Gasteiger partial charge in [0.15, 0.2) is 23.0 Å². The van der Waals surface area contributed by atoms with E-state index in [0.29, 0.717) is 13.0 Å². The van der Waals surface area contributed by atoms with Crippen molar-refractivity contribution in [1.29, 1.82) is 0 Å². The minimum absolute atomic E-state index is 0.0351. The molecule has 2 aromatic heterocycles. The molecule has 2 aliphatic heterocycles. The highest BCUT2D eigenvalue weighted by atomic mass is 16.6. The van der Waals surface area contributed by atoms with Crippen LogP contribution in [0.5, 0.6) is 0 Å². The van der Waals surface area contributed by atoms with E-state index in [9.17, 15) is 15.0 Å². The molecule has 10 nitrogen and oxygen atoms in total. The molecule has 10 heteroatoms. The molecule has 0 aromatic carbocycles. The van der Waals surface area contributed by atoms with Crippen molar-refractivity contribution < 1.29 is 19.7 Å². The fraction of sp³-hybridized carbons (Fsp3) is 0.667. The molecule has 0 aliphatic carbocycles. The number of aromatic nitrogens is 4. The van der Waals surface area contributed by atoms with Crippen molar-refractivity contribution in [2.45, 2.75) is 49.4 Å². The first kappa shape index (κ1) is 16.6. The highest BCUT2D eigenvalue weighted by Gasteiger charge is 2.61. The van der Waals surface area contributed by atoms with Crippen LogP contribution in [0.15, 0.2) is 17.4 Å². The molecule has 4 rings (SSSR count). The summed E-state index contributed by atoms with van der Waals surface area (Å²) in [5, 5.41) is 22.1. The Balaban J connectivity index is 1.82. The molecule has 0 spiro atoms. The summed E-state index contributed by atoms with van der Waals surface area (Å²) in [4.78, 5) is 22.5. The van der Waals surface area contributed by atoms with Gasteiger partial charge in [0.2, 0.25) is 0 Å². The van der Waals surface area contributed by atoms with E-state index in [1.807, 2.05) is 0 Å². The van der Waals surface area contributed by atoms with Gasteiger partial charge >= 0.3 is 0 Å². The average Bonchev–Trinajstić information content (AvgIpc) is 3.17. The van der Waals surface area contributed by atoms with E-state index in [1.165, 1.54) is 17.2 Å². The number of aliphatic hydroxyl groups excluding tert-OH is 1. The predicted molar refractivity (Wildman–Crippen MR) is 85.7 cm³/mol. The molecular weight excluding hydrogens is 330 g/mol. The van der Waals surface area contributed by atoms with E-state index in [2.05, 4.69) is 15.0 Å². The van der Waals surface area contributed by atoms with E-state index in [-0.39, 0.29) is 17.7 Å². The molecule has 2 saturated heterocycles. The van der Waals surface area contributed by atoms with E-state index in [0.717, 1.165) is 12.8 Å². The number of H-pyrrole nitrogens is 1. The van der Waals surface area contributed by atoms with Crippen molar-refractivity contribution in [2.24, 2.45) is 5.73 Å². The first-order valence-electron chi connectivity index (χ1n) is 8.35. The Bertz CT molecular complexity index is 816. The molecule has 0 radical (unpaired) electrons. The third-order valence-corrected chi connectivity index (χ3v) is 5.07. The highest BCUT2D eigenvalue weighted by Crippen LogP contribution is 2.44. The van der Waals surface area contributed by atoms with E-state index >= 15 is 0 Å². The Morgan fingerprint density at radius 1 is 1.44 bits per heavy atom. The number of aliphatic hydroxyl groups is 2. The zero-order valence-corrected chi connectivity index (χ0v) is 13.5. The van der Waals surface area contributed by atoms with Crippen LogP contribution >= 0.6 is 0 Å². The van der Waals surface area contributed by atoms with Crippen molar-refractivity contribution in [3.63, 3.8) is 0 Å². The quantitative estimate of drug-likeness (QED) is 0.530. The fourth-order valence-electron chi connectivity index (χ4n) is 3.76. The lowest BCUT2D eigenvalue weighted by Crippen LogP contribution is -2.57. The van der Waals surface area contributed by atoms with E-state index in [1.54, 1.807) is 0 Å². The molecule has 136 valence electrons. The number of ether oxygens (including phenoxy) is 2. The first-order valence-corrected chi connectivity index (χ1v) is 8.35. The Hall–Kier alpha value is -1.85. The first-order chi connectivity index (χ1) is 12.1. The minimum Gasteiger partial charge on any atom is -0.387 e. The van der Waals surface area contributed by atoms with Crippen molar-refractivity contribution in [3.05, 3.63) is 23.0 Å². The lowest BCUT2D eigenvalue weighted by molar-refractivity contribution is -0.197. The second-order valence-corrected chi connectivity index (χ2v) is 6.51. The summed E-state index contributed by atoms with van der Waals surface area (Å²) < 4.78 is 13.0. The Kier molecular flexibility index (Phi) is 4.08. The zero-order valence-electron chi connectivity index (χ0n) is 13.5. The lowest BCUT2D eigenvalue weighted by atomic mass is 9.84. The minimum atomic E-state index is -1.72. The number of hydrogen-bond acceptors (Lipinski definition) is 8. The van der Waals surface area contributed by atoms with E-state index < -0.39 is 35.7 Å². The predicted octanol–water partition coefficient (Wildman–Crippen LogP) is -1.36. The monoisotopic (exact) mass is 351 g/mol.